The SMILES string of the molecule is CCc1ccc(Cn2nnc3cccc(O[C@]4(O)C(O)O[C@H](CO)[C@@H](O)[C@@H]4O)c32)cc1. The molecule has 1 aromatic heterocycles. The molecule has 5 N–H and O–H groups in total. The van der Waals surface area contributed by atoms with Crippen LogP contribution in [-0.2, 0) is 17.7 Å². The largest absolute Gasteiger partial charge is 0.452 e. The minimum Gasteiger partial charge on any atom is -0.452 e. The molecule has 2 heterocycles. The zero-order chi connectivity index (χ0) is 22.2. The third-order valence-electron chi connectivity index (χ3n) is 5.50. The number of aliphatic hydroxyl groups excluding tert-OH is 4. The third-order valence-corrected chi connectivity index (χ3v) is 5.50. The Morgan fingerprint density at radius 2 is 1.81 bits per heavy atom. The molecular formula is C21H25N3O7. The first-order valence-electron chi connectivity index (χ1n) is 9.99. The molecule has 5 atom stereocenters. The summed E-state index contributed by atoms with van der Waals surface area (Å²) in [5.41, 5.74) is 3.08. The predicted octanol–water partition coefficient (Wildman–Crippen LogP) is -0.459. The number of ether oxygens (including phenoxy) is 2. The first kappa shape index (κ1) is 21.6. The van der Waals surface area contributed by atoms with Crippen LogP contribution in [-0.4, -0.2) is 77.5 Å². The van der Waals surface area contributed by atoms with E-state index in [0.717, 1.165) is 12.0 Å². The molecule has 31 heavy (non-hydrogen) atoms. The molecule has 0 saturated carbocycles. The highest BCUT2D eigenvalue weighted by Crippen LogP contribution is 2.34. The van der Waals surface area contributed by atoms with Gasteiger partial charge in [0.1, 0.15) is 23.2 Å². The Hall–Kier alpha value is -2.60. The van der Waals surface area contributed by atoms with E-state index in [1.54, 1.807) is 16.8 Å². The molecule has 0 bridgehead atoms. The normalized spacial score (nSPS) is 28.7. The van der Waals surface area contributed by atoms with Crippen molar-refractivity contribution in [3.05, 3.63) is 53.6 Å². The molecule has 166 valence electrons. The Kier molecular flexibility index (Phi) is 5.93. The predicted molar refractivity (Wildman–Crippen MR) is 108 cm³/mol. The fourth-order valence-electron chi connectivity index (χ4n) is 3.62. The summed E-state index contributed by atoms with van der Waals surface area (Å²) in [6.45, 7) is 1.79. The van der Waals surface area contributed by atoms with Gasteiger partial charge in [0.25, 0.3) is 5.79 Å². The molecule has 0 amide bonds. The van der Waals surface area contributed by atoms with Gasteiger partial charge in [0, 0.05) is 0 Å². The quantitative estimate of drug-likeness (QED) is 0.327. The molecule has 10 heteroatoms. The summed E-state index contributed by atoms with van der Waals surface area (Å²) in [5, 5.41) is 59.1. The van der Waals surface area contributed by atoms with Gasteiger partial charge in [-0.15, -0.1) is 5.10 Å². The fourth-order valence-corrected chi connectivity index (χ4v) is 3.62. The topological polar surface area (TPSA) is 150 Å². The van der Waals surface area contributed by atoms with Crippen LogP contribution >= 0.6 is 0 Å². The number of hydrogen-bond donors (Lipinski definition) is 5. The molecule has 10 nitrogen and oxygen atoms in total. The van der Waals surface area contributed by atoms with E-state index in [-0.39, 0.29) is 5.75 Å². The smallest absolute Gasteiger partial charge is 0.288 e. The standard InChI is InChI=1S/C21H25N3O7/c1-2-12-6-8-13(9-7-12)10-24-17-14(22-23-24)4-3-5-15(17)31-21(29)19(27)18(26)16(11-25)30-20(21)28/h3-9,16,18-20,25-29H,2,10-11H2,1H3/t16-,18-,19+,20?,21+/m1/s1. The van der Waals surface area contributed by atoms with Gasteiger partial charge >= 0.3 is 0 Å². The lowest BCUT2D eigenvalue weighted by atomic mass is 9.96. The van der Waals surface area contributed by atoms with E-state index in [1.807, 2.05) is 24.3 Å². The first-order valence-corrected chi connectivity index (χ1v) is 9.99. The van der Waals surface area contributed by atoms with Crippen LogP contribution < -0.4 is 4.74 Å². The molecule has 0 spiro atoms. The van der Waals surface area contributed by atoms with Crippen molar-refractivity contribution in [2.24, 2.45) is 0 Å². The zero-order valence-corrected chi connectivity index (χ0v) is 16.9. The lowest BCUT2D eigenvalue weighted by Crippen LogP contribution is -2.69. The molecule has 1 aliphatic rings. The highest BCUT2D eigenvalue weighted by Gasteiger charge is 2.57. The number of para-hydroxylation sites is 1. The summed E-state index contributed by atoms with van der Waals surface area (Å²) in [4.78, 5) is 0. The maximum absolute atomic E-state index is 10.8. The van der Waals surface area contributed by atoms with Crippen molar-refractivity contribution < 1.29 is 35.0 Å². The highest BCUT2D eigenvalue weighted by atomic mass is 16.7. The van der Waals surface area contributed by atoms with Gasteiger partial charge in [-0.25, -0.2) is 4.68 Å². The molecule has 4 rings (SSSR count). The number of aromatic nitrogens is 3. The molecule has 0 aliphatic carbocycles. The van der Waals surface area contributed by atoms with Crippen molar-refractivity contribution >= 4 is 11.0 Å². The third kappa shape index (κ3) is 3.89. The summed E-state index contributed by atoms with van der Waals surface area (Å²) in [6.07, 6.45) is -6.00. The number of nitrogens with zero attached hydrogens (tertiary/aromatic N) is 3. The van der Waals surface area contributed by atoms with Gasteiger partial charge in [-0.1, -0.05) is 42.5 Å². The summed E-state index contributed by atoms with van der Waals surface area (Å²) >= 11 is 0. The number of aryl methyl sites for hydroxylation is 1. The van der Waals surface area contributed by atoms with E-state index in [2.05, 4.69) is 17.2 Å². The van der Waals surface area contributed by atoms with E-state index >= 15 is 0 Å². The van der Waals surface area contributed by atoms with Gasteiger partial charge in [0.15, 0.2) is 11.9 Å². The van der Waals surface area contributed by atoms with Crippen molar-refractivity contribution in [3.63, 3.8) is 0 Å². The van der Waals surface area contributed by atoms with Crippen LogP contribution in [0.3, 0.4) is 0 Å². The molecule has 1 unspecified atom stereocenters. The highest BCUT2D eigenvalue weighted by molar-refractivity contribution is 5.81. The van der Waals surface area contributed by atoms with Crippen molar-refractivity contribution in [2.45, 2.75) is 50.3 Å². The minimum atomic E-state index is -2.68. The first-order chi connectivity index (χ1) is 14.9. The van der Waals surface area contributed by atoms with Crippen LogP contribution in [0.5, 0.6) is 5.75 Å². The Bertz CT molecular complexity index is 1040. The van der Waals surface area contributed by atoms with Crippen molar-refractivity contribution in [2.75, 3.05) is 6.61 Å². The van der Waals surface area contributed by atoms with Crippen LogP contribution in [0.1, 0.15) is 18.1 Å². The Labute approximate surface area is 177 Å². The van der Waals surface area contributed by atoms with Crippen LogP contribution in [0, 0.1) is 0 Å². The van der Waals surface area contributed by atoms with Gasteiger partial charge in [0.05, 0.1) is 13.2 Å². The van der Waals surface area contributed by atoms with Gasteiger partial charge in [0.2, 0.25) is 6.29 Å². The van der Waals surface area contributed by atoms with Crippen molar-refractivity contribution in [3.8, 4) is 5.75 Å². The van der Waals surface area contributed by atoms with Gasteiger partial charge in [-0.3, -0.25) is 0 Å². The zero-order valence-electron chi connectivity index (χ0n) is 16.9. The van der Waals surface area contributed by atoms with Crippen LogP contribution in [0.15, 0.2) is 42.5 Å². The van der Waals surface area contributed by atoms with E-state index < -0.39 is 37.0 Å². The van der Waals surface area contributed by atoms with Gasteiger partial charge < -0.3 is 35.0 Å². The van der Waals surface area contributed by atoms with E-state index in [1.165, 1.54) is 11.6 Å². The maximum Gasteiger partial charge on any atom is 0.288 e. The molecule has 1 saturated heterocycles. The second-order valence-electron chi connectivity index (χ2n) is 7.54. The second-order valence-corrected chi connectivity index (χ2v) is 7.54. The van der Waals surface area contributed by atoms with Gasteiger partial charge in [-0.05, 0) is 29.7 Å². The Balaban J connectivity index is 1.67. The van der Waals surface area contributed by atoms with Crippen LogP contribution in [0.2, 0.25) is 0 Å². The Morgan fingerprint density at radius 3 is 2.48 bits per heavy atom. The molecule has 0 radical (unpaired) electrons. The fraction of sp³-hybridized carbons (Fsp3) is 0.429. The molecule has 1 fully saturated rings. The molecule has 1 aliphatic heterocycles. The molecular weight excluding hydrogens is 406 g/mol. The number of aliphatic hydroxyl groups is 5. The monoisotopic (exact) mass is 431 g/mol. The second kappa shape index (κ2) is 8.50. The van der Waals surface area contributed by atoms with Crippen molar-refractivity contribution in [1.82, 2.24) is 15.0 Å². The average Bonchev–Trinajstić information content (AvgIpc) is 3.19. The van der Waals surface area contributed by atoms with Crippen LogP contribution in [0.25, 0.3) is 11.0 Å². The molecule has 2 aromatic carbocycles. The molecule has 3 aromatic rings. The van der Waals surface area contributed by atoms with Gasteiger partial charge in [-0.2, -0.15) is 0 Å². The van der Waals surface area contributed by atoms with Crippen molar-refractivity contribution in [1.29, 1.82) is 0 Å². The van der Waals surface area contributed by atoms with Crippen LogP contribution in [0.4, 0.5) is 0 Å². The summed E-state index contributed by atoms with van der Waals surface area (Å²) in [6, 6.07) is 12.9. The lowest BCUT2D eigenvalue weighted by molar-refractivity contribution is -0.385. The van der Waals surface area contributed by atoms with E-state index in [9.17, 15) is 25.5 Å². The maximum atomic E-state index is 10.8. The Morgan fingerprint density at radius 1 is 1.10 bits per heavy atom. The number of fused-ring (bicyclic) bond motifs is 1. The number of rotatable bonds is 6. The number of benzene rings is 2. The van der Waals surface area contributed by atoms with E-state index in [0.29, 0.717) is 17.6 Å². The minimum absolute atomic E-state index is 0.0755. The van der Waals surface area contributed by atoms with E-state index in [4.69, 9.17) is 9.47 Å². The summed E-state index contributed by atoms with van der Waals surface area (Å²) in [7, 11) is 0. The average molecular weight is 431 g/mol. The summed E-state index contributed by atoms with van der Waals surface area (Å²) in [5.74, 6) is -2.61. The number of hydrogen-bond acceptors (Lipinski definition) is 9. The summed E-state index contributed by atoms with van der Waals surface area (Å²) < 4.78 is 12.2. The lowest BCUT2D eigenvalue weighted by Gasteiger charge is -2.45.